The zero-order valence-electron chi connectivity index (χ0n) is 9.55. The fourth-order valence-electron chi connectivity index (χ4n) is 2.18. The molecule has 3 heteroatoms. The van der Waals surface area contributed by atoms with Crippen LogP contribution in [0.5, 0.6) is 0 Å². The minimum atomic E-state index is 0.425. The van der Waals surface area contributed by atoms with Crippen LogP contribution in [-0.2, 0) is 6.54 Å². The van der Waals surface area contributed by atoms with Crippen LogP contribution in [0.1, 0.15) is 34.6 Å². The predicted octanol–water partition coefficient (Wildman–Crippen LogP) is 2.33. The zero-order valence-corrected chi connectivity index (χ0v) is 10.4. The van der Waals surface area contributed by atoms with Crippen molar-refractivity contribution in [1.29, 1.82) is 0 Å². The third-order valence-corrected chi connectivity index (χ3v) is 4.41. The van der Waals surface area contributed by atoms with Crippen molar-refractivity contribution in [3.8, 4) is 0 Å². The Kier molecular flexibility index (Phi) is 3.44. The van der Waals surface area contributed by atoms with Gasteiger partial charge in [-0.05, 0) is 44.7 Å². The van der Waals surface area contributed by atoms with E-state index >= 15 is 0 Å². The van der Waals surface area contributed by atoms with E-state index in [9.17, 15) is 0 Å². The highest BCUT2D eigenvalue weighted by atomic mass is 32.1. The lowest BCUT2D eigenvalue weighted by atomic mass is 10.2. The SMILES string of the molecule is Cc1cc(CNC2CCC(N)C2)sc1C. The summed E-state index contributed by atoms with van der Waals surface area (Å²) in [6, 6.07) is 3.36. The van der Waals surface area contributed by atoms with Gasteiger partial charge < -0.3 is 11.1 Å². The van der Waals surface area contributed by atoms with Crippen LogP contribution < -0.4 is 11.1 Å². The number of hydrogen-bond donors (Lipinski definition) is 2. The van der Waals surface area contributed by atoms with Crippen LogP contribution in [0.3, 0.4) is 0 Å². The first-order valence-electron chi connectivity index (χ1n) is 5.70. The van der Waals surface area contributed by atoms with E-state index in [1.54, 1.807) is 0 Å². The van der Waals surface area contributed by atoms with Crippen molar-refractivity contribution in [3.63, 3.8) is 0 Å². The molecule has 0 radical (unpaired) electrons. The van der Waals surface area contributed by atoms with Gasteiger partial charge in [0, 0.05) is 28.4 Å². The van der Waals surface area contributed by atoms with Gasteiger partial charge in [0.05, 0.1) is 0 Å². The van der Waals surface area contributed by atoms with Crippen LogP contribution >= 0.6 is 11.3 Å². The molecule has 1 aromatic heterocycles. The molecule has 1 fully saturated rings. The number of aryl methyl sites for hydroxylation is 2. The lowest BCUT2D eigenvalue weighted by Crippen LogP contribution is -2.27. The highest BCUT2D eigenvalue weighted by Crippen LogP contribution is 2.22. The van der Waals surface area contributed by atoms with Crippen LogP contribution in [0.15, 0.2) is 6.07 Å². The topological polar surface area (TPSA) is 38.0 Å². The maximum absolute atomic E-state index is 5.88. The smallest absolute Gasteiger partial charge is 0.0302 e. The average Bonchev–Trinajstić information content (AvgIpc) is 2.72. The molecular formula is C12H20N2S. The molecule has 1 aromatic rings. The Morgan fingerprint density at radius 1 is 1.47 bits per heavy atom. The van der Waals surface area contributed by atoms with E-state index in [1.807, 2.05) is 11.3 Å². The van der Waals surface area contributed by atoms with Gasteiger partial charge in [0.2, 0.25) is 0 Å². The molecule has 1 aliphatic rings. The van der Waals surface area contributed by atoms with E-state index < -0.39 is 0 Å². The normalized spacial score (nSPS) is 26.1. The molecule has 0 saturated heterocycles. The van der Waals surface area contributed by atoms with E-state index in [0.717, 1.165) is 13.0 Å². The van der Waals surface area contributed by atoms with E-state index in [2.05, 4.69) is 25.2 Å². The highest BCUT2D eigenvalue weighted by molar-refractivity contribution is 7.12. The Bertz CT molecular complexity index is 313. The molecule has 2 rings (SSSR count). The van der Waals surface area contributed by atoms with Gasteiger partial charge in [-0.2, -0.15) is 0 Å². The molecule has 0 aromatic carbocycles. The van der Waals surface area contributed by atoms with Crippen molar-refractivity contribution < 1.29 is 0 Å². The summed E-state index contributed by atoms with van der Waals surface area (Å²) in [6.45, 7) is 5.38. The average molecular weight is 224 g/mol. The van der Waals surface area contributed by atoms with Crippen molar-refractivity contribution >= 4 is 11.3 Å². The summed E-state index contributed by atoms with van der Waals surface area (Å²) in [7, 11) is 0. The van der Waals surface area contributed by atoms with E-state index in [0.29, 0.717) is 12.1 Å². The quantitative estimate of drug-likeness (QED) is 0.827. The summed E-state index contributed by atoms with van der Waals surface area (Å²) in [6.07, 6.45) is 3.56. The maximum atomic E-state index is 5.88. The molecular weight excluding hydrogens is 204 g/mol. The van der Waals surface area contributed by atoms with Crippen molar-refractivity contribution in [1.82, 2.24) is 5.32 Å². The molecule has 0 bridgehead atoms. The molecule has 1 heterocycles. The zero-order chi connectivity index (χ0) is 10.8. The minimum absolute atomic E-state index is 0.425. The molecule has 0 aliphatic heterocycles. The number of hydrogen-bond acceptors (Lipinski definition) is 3. The molecule has 84 valence electrons. The van der Waals surface area contributed by atoms with Crippen molar-refractivity contribution in [3.05, 3.63) is 21.4 Å². The fourth-order valence-corrected chi connectivity index (χ4v) is 3.19. The summed E-state index contributed by atoms with van der Waals surface area (Å²) in [5.74, 6) is 0. The molecule has 1 aliphatic carbocycles. The van der Waals surface area contributed by atoms with Gasteiger partial charge in [-0.1, -0.05) is 0 Å². The molecule has 1 saturated carbocycles. The van der Waals surface area contributed by atoms with Crippen molar-refractivity contribution in [2.24, 2.45) is 5.73 Å². The number of thiophene rings is 1. The second-order valence-electron chi connectivity index (χ2n) is 4.60. The summed E-state index contributed by atoms with van der Waals surface area (Å²) in [4.78, 5) is 2.89. The first-order chi connectivity index (χ1) is 7.15. The maximum Gasteiger partial charge on any atom is 0.0302 e. The number of nitrogens with two attached hydrogens (primary N) is 1. The molecule has 2 atom stereocenters. The number of nitrogens with one attached hydrogen (secondary N) is 1. The van der Waals surface area contributed by atoms with Crippen LogP contribution in [0.25, 0.3) is 0 Å². The summed E-state index contributed by atoms with van der Waals surface area (Å²) >= 11 is 1.90. The molecule has 0 amide bonds. The first kappa shape index (κ1) is 11.1. The van der Waals surface area contributed by atoms with Gasteiger partial charge in [0.15, 0.2) is 0 Å². The Morgan fingerprint density at radius 2 is 2.27 bits per heavy atom. The predicted molar refractivity (Wildman–Crippen MR) is 66.2 cm³/mol. The standard InChI is InChI=1S/C12H20N2S/c1-8-5-12(15-9(8)2)7-14-11-4-3-10(13)6-11/h5,10-11,14H,3-4,6-7,13H2,1-2H3. The Hall–Kier alpha value is -0.380. The Morgan fingerprint density at radius 3 is 2.80 bits per heavy atom. The van der Waals surface area contributed by atoms with E-state index in [1.165, 1.54) is 28.2 Å². The van der Waals surface area contributed by atoms with Gasteiger partial charge in [0.25, 0.3) is 0 Å². The van der Waals surface area contributed by atoms with Gasteiger partial charge in [0.1, 0.15) is 0 Å². The summed E-state index contributed by atoms with van der Waals surface area (Å²) in [5, 5.41) is 3.60. The lowest BCUT2D eigenvalue weighted by Gasteiger charge is -2.10. The second kappa shape index (κ2) is 4.64. The summed E-state index contributed by atoms with van der Waals surface area (Å²) in [5.41, 5.74) is 7.30. The van der Waals surface area contributed by atoms with Crippen molar-refractivity contribution in [2.45, 2.75) is 51.7 Å². The first-order valence-corrected chi connectivity index (χ1v) is 6.51. The second-order valence-corrected chi connectivity index (χ2v) is 5.94. The molecule has 2 unspecified atom stereocenters. The highest BCUT2D eigenvalue weighted by Gasteiger charge is 2.20. The van der Waals surface area contributed by atoms with Crippen LogP contribution in [0.2, 0.25) is 0 Å². The van der Waals surface area contributed by atoms with Crippen LogP contribution in [0, 0.1) is 13.8 Å². The van der Waals surface area contributed by atoms with Gasteiger partial charge >= 0.3 is 0 Å². The minimum Gasteiger partial charge on any atom is -0.328 e. The molecule has 15 heavy (non-hydrogen) atoms. The molecule has 3 N–H and O–H groups in total. The third-order valence-electron chi connectivity index (χ3n) is 3.26. The van der Waals surface area contributed by atoms with Gasteiger partial charge in [-0.15, -0.1) is 11.3 Å². The summed E-state index contributed by atoms with van der Waals surface area (Å²) < 4.78 is 0. The third kappa shape index (κ3) is 2.80. The lowest BCUT2D eigenvalue weighted by molar-refractivity contribution is 0.519. The Balaban J connectivity index is 1.83. The fraction of sp³-hybridized carbons (Fsp3) is 0.667. The van der Waals surface area contributed by atoms with Crippen molar-refractivity contribution in [2.75, 3.05) is 0 Å². The molecule has 0 spiro atoms. The van der Waals surface area contributed by atoms with Crippen LogP contribution in [-0.4, -0.2) is 12.1 Å². The Labute approximate surface area is 95.9 Å². The largest absolute Gasteiger partial charge is 0.328 e. The van der Waals surface area contributed by atoms with Gasteiger partial charge in [-0.3, -0.25) is 0 Å². The van der Waals surface area contributed by atoms with E-state index in [-0.39, 0.29) is 0 Å². The molecule has 2 nitrogen and oxygen atoms in total. The van der Waals surface area contributed by atoms with Crippen LogP contribution in [0.4, 0.5) is 0 Å². The van der Waals surface area contributed by atoms with E-state index in [4.69, 9.17) is 5.73 Å². The number of rotatable bonds is 3. The monoisotopic (exact) mass is 224 g/mol. The van der Waals surface area contributed by atoms with Gasteiger partial charge in [-0.25, -0.2) is 0 Å².